The predicted octanol–water partition coefficient (Wildman–Crippen LogP) is 2.44. The Bertz CT molecular complexity index is 887. The maximum absolute atomic E-state index is 12.8. The molecule has 2 aliphatic carbocycles. The molecule has 0 bridgehead atoms. The second kappa shape index (κ2) is 7.08. The zero-order valence-corrected chi connectivity index (χ0v) is 16.0. The van der Waals surface area contributed by atoms with E-state index in [1.807, 2.05) is 29.3 Å². The van der Waals surface area contributed by atoms with E-state index in [0.717, 1.165) is 44.2 Å². The summed E-state index contributed by atoms with van der Waals surface area (Å²) >= 11 is 0. The second-order valence-corrected chi connectivity index (χ2v) is 8.32. The average Bonchev–Trinajstić information content (AvgIpc) is 3.36. The first kappa shape index (κ1) is 17.5. The standard InChI is InChI=1S/C22H26N4O2/c27-21-11-16(14-25(21)17-9-10-17)22(28)24-19-7-4-8-20-18(19)12-23-26(20)13-15-5-2-1-3-6-15/h1-3,5-6,12,16-17,19H,4,7-11,13-14H2,(H,24,28). The number of nitrogens with one attached hydrogen (secondary N) is 1. The molecule has 1 saturated heterocycles. The number of hydrogen-bond donors (Lipinski definition) is 1. The summed E-state index contributed by atoms with van der Waals surface area (Å²) in [5.41, 5.74) is 3.59. The van der Waals surface area contributed by atoms with Crippen molar-refractivity contribution in [3.05, 3.63) is 53.3 Å². The number of benzene rings is 1. The molecule has 1 saturated carbocycles. The van der Waals surface area contributed by atoms with Crippen molar-refractivity contribution in [3.63, 3.8) is 0 Å². The molecule has 5 rings (SSSR count). The fraction of sp³-hybridized carbons (Fsp3) is 0.500. The van der Waals surface area contributed by atoms with Crippen molar-refractivity contribution in [2.24, 2.45) is 5.92 Å². The van der Waals surface area contributed by atoms with Crippen LogP contribution in [-0.4, -0.2) is 39.1 Å². The molecule has 2 aromatic rings. The van der Waals surface area contributed by atoms with E-state index in [-0.39, 0.29) is 23.8 Å². The highest BCUT2D eigenvalue weighted by molar-refractivity contribution is 5.89. The van der Waals surface area contributed by atoms with Crippen LogP contribution in [0.4, 0.5) is 0 Å². The van der Waals surface area contributed by atoms with Crippen molar-refractivity contribution < 1.29 is 9.59 Å². The van der Waals surface area contributed by atoms with Crippen molar-refractivity contribution in [3.8, 4) is 0 Å². The highest BCUT2D eigenvalue weighted by Crippen LogP contribution is 2.34. The monoisotopic (exact) mass is 378 g/mol. The molecule has 2 atom stereocenters. The largest absolute Gasteiger partial charge is 0.349 e. The van der Waals surface area contributed by atoms with Crippen LogP contribution in [0.2, 0.25) is 0 Å². The summed E-state index contributed by atoms with van der Waals surface area (Å²) in [6, 6.07) is 10.7. The zero-order valence-electron chi connectivity index (χ0n) is 16.0. The van der Waals surface area contributed by atoms with Crippen molar-refractivity contribution in [1.82, 2.24) is 20.0 Å². The topological polar surface area (TPSA) is 67.2 Å². The van der Waals surface area contributed by atoms with Crippen LogP contribution in [-0.2, 0) is 22.6 Å². The lowest BCUT2D eigenvalue weighted by atomic mass is 9.92. The van der Waals surface area contributed by atoms with E-state index >= 15 is 0 Å². The number of rotatable bonds is 5. The number of nitrogens with zero attached hydrogens (tertiary/aromatic N) is 3. The SMILES string of the molecule is O=C(NC1CCCc2c1cnn2Cc1ccccc1)C1CC(=O)N(C2CC2)C1. The van der Waals surface area contributed by atoms with Gasteiger partial charge in [-0.15, -0.1) is 0 Å². The minimum atomic E-state index is -0.210. The van der Waals surface area contributed by atoms with Crippen LogP contribution in [0.3, 0.4) is 0 Å². The predicted molar refractivity (Wildman–Crippen MR) is 104 cm³/mol. The first-order valence-corrected chi connectivity index (χ1v) is 10.4. The minimum absolute atomic E-state index is 0.00542. The zero-order chi connectivity index (χ0) is 19.1. The van der Waals surface area contributed by atoms with Crippen LogP contribution >= 0.6 is 0 Å². The van der Waals surface area contributed by atoms with E-state index in [1.54, 1.807) is 0 Å². The van der Waals surface area contributed by atoms with Crippen molar-refractivity contribution in [2.75, 3.05) is 6.54 Å². The Morgan fingerprint density at radius 2 is 2.00 bits per heavy atom. The Morgan fingerprint density at radius 1 is 1.18 bits per heavy atom. The van der Waals surface area contributed by atoms with Crippen LogP contribution in [0.15, 0.2) is 36.5 Å². The number of carbonyl (C=O) groups is 2. The van der Waals surface area contributed by atoms with Gasteiger partial charge in [-0.05, 0) is 37.7 Å². The molecule has 0 radical (unpaired) electrons. The van der Waals surface area contributed by atoms with Crippen LogP contribution < -0.4 is 5.32 Å². The molecule has 2 unspecified atom stereocenters. The highest BCUT2D eigenvalue weighted by Gasteiger charge is 2.42. The van der Waals surface area contributed by atoms with E-state index in [1.165, 1.54) is 11.3 Å². The quantitative estimate of drug-likeness (QED) is 0.869. The molecule has 28 heavy (non-hydrogen) atoms. The van der Waals surface area contributed by atoms with Crippen LogP contribution in [0.1, 0.15) is 55.0 Å². The maximum Gasteiger partial charge on any atom is 0.225 e. The molecule has 2 heterocycles. The summed E-state index contributed by atoms with van der Waals surface area (Å²) < 4.78 is 2.07. The lowest BCUT2D eigenvalue weighted by molar-refractivity contribution is -0.129. The number of fused-ring (bicyclic) bond motifs is 1. The summed E-state index contributed by atoms with van der Waals surface area (Å²) in [6.07, 6.45) is 7.41. The molecule has 3 aliphatic rings. The molecule has 6 nitrogen and oxygen atoms in total. The van der Waals surface area contributed by atoms with Gasteiger partial charge >= 0.3 is 0 Å². The Kier molecular flexibility index (Phi) is 4.41. The third-order valence-corrected chi connectivity index (χ3v) is 6.27. The van der Waals surface area contributed by atoms with Gasteiger partial charge < -0.3 is 10.2 Å². The van der Waals surface area contributed by atoms with Gasteiger partial charge in [-0.25, -0.2) is 0 Å². The molecule has 1 N–H and O–H groups in total. The molecule has 2 amide bonds. The normalized spacial score (nSPS) is 24.3. The molecule has 0 spiro atoms. The molecule has 1 aliphatic heterocycles. The Morgan fingerprint density at radius 3 is 2.79 bits per heavy atom. The van der Waals surface area contributed by atoms with Crippen molar-refractivity contribution in [2.45, 2.75) is 57.2 Å². The number of amides is 2. The number of aromatic nitrogens is 2. The van der Waals surface area contributed by atoms with Crippen LogP contribution in [0, 0.1) is 5.92 Å². The molecule has 146 valence electrons. The fourth-order valence-corrected chi connectivity index (χ4v) is 4.60. The van der Waals surface area contributed by atoms with Crippen molar-refractivity contribution >= 4 is 11.8 Å². The molecular formula is C22H26N4O2. The first-order chi connectivity index (χ1) is 13.7. The summed E-state index contributed by atoms with van der Waals surface area (Å²) in [7, 11) is 0. The van der Waals surface area contributed by atoms with Crippen LogP contribution in [0.5, 0.6) is 0 Å². The Labute approximate surface area is 164 Å². The van der Waals surface area contributed by atoms with Gasteiger partial charge in [-0.2, -0.15) is 5.10 Å². The van der Waals surface area contributed by atoms with Gasteiger partial charge in [0.05, 0.1) is 24.7 Å². The van der Waals surface area contributed by atoms with Gasteiger partial charge in [0.15, 0.2) is 0 Å². The third kappa shape index (κ3) is 3.32. The van der Waals surface area contributed by atoms with Gasteiger partial charge in [-0.3, -0.25) is 14.3 Å². The third-order valence-electron chi connectivity index (χ3n) is 6.27. The van der Waals surface area contributed by atoms with Gasteiger partial charge in [-0.1, -0.05) is 30.3 Å². The van der Waals surface area contributed by atoms with Gasteiger partial charge in [0.2, 0.25) is 11.8 Å². The first-order valence-electron chi connectivity index (χ1n) is 10.4. The molecule has 6 heteroatoms. The highest BCUT2D eigenvalue weighted by atomic mass is 16.2. The Balaban J connectivity index is 1.28. The number of carbonyl (C=O) groups excluding carboxylic acids is 2. The minimum Gasteiger partial charge on any atom is -0.349 e. The lowest BCUT2D eigenvalue weighted by Gasteiger charge is -2.25. The van der Waals surface area contributed by atoms with E-state index in [4.69, 9.17) is 0 Å². The average molecular weight is 378 g/mol. The number of hydrogen-bond acceptors (Lipinski definition) is 3. The van der Waals surface area contributed by atoms with Gasteiger partial charge in [0.25, 0.3) is 0 Å². The van der Waals surface area contributed by atoms with Gasteiger partial charge in [0, 0.05) is 30.3 Å². The fourth-order valence-electron chi connectivity index (χ4n) is 4.60. The summed E-state index contributed by atoms with van der Waals surface area (Å²) in [4.78, 5) is 26.9. The molecule has 2 fully saturated rings. The summed E-state index contributed by atoms with van der Waals surface area (Å²) in [5, 5.41) is 7.83. The number of likely N-dealkylation sites (tertiary alicyclic amines) is 1. The lowest BCUT2D eigenvalue weighted by Crippen LogP contribution is -2.37. The van der Waals surface area contributed by atoms with E-state index in [9.17, 15) is 9.59 Å². The second-order valence-electron chi connectivity index (χ2n) is 8.32. The van der Waals surface area contributed by atoms with E-state index in [0.29, 0.717) is 19.0 Å². The Hall–Kier alpha value is -2.63. The van der Waals surface area contributed by atoms with Gasteiger partial charge in [0.1, 0.15) is 0 Å². The molecule has 1 aromatic carbocycles. The summed E-state index contributed by atoms with van der Waals surface area (Å²) in [6.45, 7) is 1.34. The maximum atomic E-state index is 12.8. The van der Waals surface area contributed by atoms with E-state index in [2.05, 4.69) is 27.2 Å². The van der Waals surface area contributed by atoms with Crippen molar-refractivity contribution in [1.29, 1.82) is 0 Å². The smallest absolute Gasteiger partial charge is 0.225 e. The van der Waals surface area contributed by atoms with E-state index < -0.39 is 0 Å². The summed E-state index contributed by atoms with van der Waals surface area (Å²) in [5.74, 6) is -0.0503. The molecular weight excluding hydrogens is 352 g/mol. The van der Waals surface area contributed by atoms with Crippen LogP contribution in [0.25, 0.3) is 0 Å². The molecule has 1 aromatic heterocycles.